The van der Waals surface area contributed by atoms with Crippen LogP contribution in [0, 0.1) is 5.92 Å². The van der Waals surface area contributed by atoms with E-state index >= 15 is 0 Å². The monoisotopic (exact) mass is 255 g/mol. The highest BCUT2D eigenvalue weighted by Crippen LogP contribution is 2.22. The summed E-state index contributed by atoms with van der Waals surface area (Å²) in [5.74, 6) is 0.908. The summed E-state index contributed by atoms with van der Waals surface area (Å²) < 4.78 is 0. The van der Waals surface area contributed by atoms with Gasteiger partial charge in [-0.1, -0.05) is 72.6 Å². The minimum Gasteiger partial charge on any atom is -0.314 e. The first-order valence-corrected chi connectivity index (χ1v) is 8.53. The van der Waals surface area contributed by atoms with Crippen LogP contribution in [0.2, 0.25) is 0 Å². The molecule has 1 atom stereocenters. The molecule has 1 nitrogen and oxygen atoms in total. The van der Waals surface area contributed by atoms with Crippen LogP contribution in [-0.2, 0) is 0 Å². The normalized spacial score (nSPS) is 13.2. The Morgan fingerprint density at radius 3 is 1.78 bits per heavy atom. The van der Waals surface area contributed by atoms with Crippen LogP contribution in [0.1, 0.15) is 91.9 Å². The summed E-state index contributed by atoms with van der Waals surface area (Å²) in [5.41, 5.74) is 0. The molecule has 0 bridgehead atoms. The Labute approximate surface area is 116 Å². The van der Waals surface area contributed by atoms with Gasteiger partial charge in [-0.2, -0.15) is 0 Å². The fourth-order valence-electron chi connectivity index (χ4n) is 3.02. The lowest BCUT2D eigenvalue weighted by Gasteiger charge is -2.27. The molecule has 0 aromatic heterocycles. The maximum Gasteiger partial charge on any atom is 0.00952 e. The smallest absolute Gasteiger partial charge is 0.00952 e. The Kier molecular flexibility index (Phi) is 13.4. The lowest BCUT2D eigenvalue weighted by atomic mass is 9.87. The predicted octanol–water partition coefficient (Wildman–Crippen LogP) is 5.54. The molecule has 0 rings (SSSR count). The van der Waals surface area contributed by atoms with Crippen molar-refractivity contribution in [2.75, 3.05) is 6.54 Å². The Morgan fingerprint density at radius 2 is 1.28 bits per heavy atom. The van der Waals surface area contributed by atoms with Crippen LogP contribution in [0.15, 0.2) is 0 Å². The van der Waals surface area contributed by atoms with Gasteiger partial charge in [-0.15, -0.1) is 0 Å². The molecule has 1 N–H and O–H groups in total. The fraction of sp³-hybridized carbons (Fsp3) is 1.00. The van der Waals surface area contributed by atoms with Gasteiger partial charge in [0.15, 0.2) is 0 Å². The van der Waals surface area contributed by atoms with Gasteiger partial charge in [-0.3, -0.25) is 0 Å². The van der Waals surface area contributed by atoms with E-state index in [0.717, 1.165) is 18.5 Å². The van der Waals surface area contributed by atoms with E-state index in [-0.39, 0.29) is 0 Å². The van der Waals surface area contributed by atoms with Gasteiger partial charge in [0.05, 0.1) is 0 Å². The maximum absolute atomic E-state index is 3.74. The summed E-state index contributed by atoms with van der Waals surface area (Å²) in [6.45, 7) is 10.3. The van der Waals surface area contributed by atoms with Gasteiger partial charge in [0, 0.05) is 6.04 Å². The second kappa shape index (κ2) is 13.4. The molecule has 110 valence electrons. The van der Waals surface area contributed by atoms with E-state index in [0.29, 0.717) is 0 Å². The van der Waals surface area contributed by atoms with Gasteiger partial charge in [0.2, 0.25) is 0 Å². The summed E-state index contributed by atoms with van der Waals surface area (Å²) in [7, 11) is 0. The van der Waals surface area contributed by atoms with E-state index in [9.17, 15) is 0 Å². The lowest BCUT2D eigenvalue weighted by molar-refractivity contribution is 0.293. The van der Waals surface area contributed by atoms with Crippen molar-refractivity contribution in [1.29, 1.82) is 0 Å². The molecule has 0 spiro atoms. The molecule has 0 aromatic rings. The molecule has 0 amide bonds. The third kappa shape index (κ3) is 8.97. The maximum atomic E-state index is 3.74. The topological polar surface area (TPSA) is 12.0 Å². The van der Waals surface area contributed by atoms with Crippen LogP contribution in [0.5, 0.6) is 0 Å². The minimum atomic E-state index is 0.775. The van der Waals surface area contributed by atoms with Gasteiger partial charge in [-0.05, 0) is 31.7 Å². The van der Waals surface area contributed by atoms with E-state index in [1.54, 1.807) is 0 Å². The van der Waals surface area contributed by atoms with Gasteiger partial charge in [-0.25, -0.2) is 0 Å². The quantitative estimate of drug-likeness (QED) is 0.426. The van der Waals surface area contributed by atoms with Crippen molar-refractivity contribution >= 4 is 0 Å². The van der Waals surface area contributed by atoms with Crippen LogP contribution in [0.25, 0.3) is 0 Å². The Hall–Kier alpha value is -0.0400. The molecule has 1 heteroatoms. The zero-order valence-electron chi connectivity index (χ0n) is 13.4. The Morgan fingerprint density at radius 1 is 0.667 bits per heavy atom. The molecule has 1 unspecified atom stereocenters. The molecule has 0 saturated carbocycles. The van der Waals surface area contributed by atoms with Crippen LogP contribution in [-0.4, -0.2) is 12.6 Å². The lowest BCUT2D eigenvalue weighted by Crippen LogP contribution is -2.36. The third-order valence-corrected chi connectivity index (χ3v) is 3.97. The van der Waals surface area contributed by atoms with Crippen LogP contribution < -0.4 is 5.32 Å². The van der Waals surface area contributed by atoms with Crippen molar-refractivity contribution in [3.63, 3.8) is 0 Å². The molecule has 0 heterocycles. The molecule has 0 aliphatic rings. The van der Waals surface area contributed by atoms with Crippen molar-refractivity contribution in [1.82, 2.24) is 5.32 Å². The molecular formula is C17H37N. The third-order valence-electron chi connectivity index (χ3n) is 3.97. The van der Waals surface area contributed by atoms with Crippen molar-refractivity contribution in [3.8, 4) is 0 Å². The summed E-state index contributed by atoms with van der Waals surface area (Å²) in [6, 6.07) is 0.775. The molecule has 0 fully saturated rings. The van der Waals surface area contributed by atoms with Crippen molar-refractivity contribution < 1.29 is 0 Å². The zero-order chi connectivity index (χ0) is 13.6. The summed E-state index contributed by atoms with van der Waals surface area (Å²) in [6.07, 6.45) is 13.9. The molecule has 0 radical (unpaired) electrons. The summed E-state index contributed by atoms with van der Waals surface area (Å²) >= 11 is 0. The zero-order valence-corrected chi connectivity index (χ0v) is 13.4. The molecule has 0 aromatic carbocycles. The van der Waals surface area contributed by atoms with Gasteiger partial charge >= 0.3 is 0 Å². The van der Waals surface area contributed by atoms with Crippen molar-refractivity contribution in [3.05, 3.63) is 0 Å². The molecule has 0 saturated heterocycles. The van der Waals surface area contributed by atoms with E-state index in [2.05, 4.69) is 33.0 Å². The number of hydrogen-bond donors (Lipinski definition) is 1. The highest BCUT2D eigenvalue weighted by molar-refractivity contribution is 4.76. The van der Waals surface area contributed by atoms with Crippen LogP contribution >= 0.6 is 0 Å². The highest BCUT2D eigenvalue weighted by Gasteiger charge is 2.18. The van der Waals surface area contributed by atoms with Gasteiger partial charge in [0.1, 0.15) is 0 Å². The first-order valence-electron chi connectivity index (χ1n) is 8.53. The SMILES string of the molecule is CCCCCCCC(NCC)C(CCC)CCC. The average molecular weight is 255 g/mol. The van der Waals surface area contributed by atoms with Crippen LogP contribution in [0.4, 0.5) is 0 Å². The second-order valence-electron chi connectivity index (χ2n) is 5.70. The fourth-order valence-corrected chi connectivity index (χ4v) is 3.02. The van der Waals surface area contributed by atoms with Gasteiger partial charge in [0.25, 0.3) is 0 Å². The first-order chi connectivity index (χ1) is 8.79. The van der Waals surface area contributed by atoms with Crippen LogP contribution in [0.3, 0.4) is 0 Å². The predicted molar refractivity (Wildman–Crippen MR) is 84.1 cm³/mol. The Balaban J connectivity index is 3.98. The minimum absolute atomic E-state index is 0.775. The molecular weight excluding hydrogens is 218 g/mol. The van der Waals surface area contributed by atoms with E-state index in [1.807, 2.05) is 0 Å². The molecule has 0 aliphatic heterocycles. The summed E-state index contributed by atoms with van der Waals surface area (Å²) in [4.78, 5) is 0. The summed E-state index contributed by atoms with van der Waals surface area (Å²) in [5, 5.41) is 3.74. The van der Waals surface area contributed by atoms with Crippen molar-refractivity contribution in [2.45, 2.75) is 97.9 Å². The number of hydrogen-bond acceptors (Lipinski definition) is 1. The average Bonchev–Trinajstić information content (AvgIpc) is 2.37. The number of nitrogens with one attached hydrogen (secondary N) is 1. The highest BCUT2D eigenvalue weighted by atomic mass is 14.9. The van der Waals surface area contributed by atoms with E-state index in [1.165, 1.54) is 64.2 Å². The standard InChI is InChI=1S/C17H37N/c1-5-9-10-11-12-15-17(18-8-4)16(13-6-2)14-7-3/h16-18H,5-15H2,1-4H3. The number of rotatable bonds is 13. The van der Waals surface area contributed by atoms with Gasteiger partial charge < -0.3 is 5.32 Å². The first kappa shape index (κ1) is 18.0. The molecule has 18 heavy (non-hydrogen) atoms. The largest absolute Gasteiger partial charge is 0.314 e. The Bertz CT molecular complexity index is 150. The second-order valence-corrected chi connectivity index (χ2v) is 5.70. The van der Waals surface area contributed by atoms with Crippen molar-refractivity contribution in [2.24, 2.45) is 5.92 Å². The van der Waals surface area contributed by atoms with E-state index in [4.69, 9.17) is 0 Å². The number of unbranched alkanes of at least 4 members (excludes halogenated alkanes) is 4. The van der Waals surface area contributed by atoms with E-state index < -0.39 is 0 Å². The molecule has 0 aliphatic carbocycles.